The Morgan fingerprint density at radius 2 is 2.11 bits per heavy atom. The molecule has 1 saturated carbocycles. The summed E-state index contributed by atoms with van der Waals surface area (Å²) < 4.78 is 0. The fraction of sp³-hybridized carbons (Fsp3) is 0.467. The van der Waals surface area contributed by atoms with Crippen LogP contribution in [-0.4, -0.2) is 17.1 Å². The fourth-order valence-electron chi connectivity index (χ4n) is 2.07. The standard InChI is InChI=1S/C15H18ClNO2/c1-11-6-8-12(9-7-11)10-15(18)19-17-14-5-3-2-4-13(14)16/h6-9,13H,2-5,10H2,1H3. The first kappa shape index (κ1) is 14.1. The molecule has 1 aromatic carbocycles. The minimum Gasteiger partial charge on any atom is -0.318 e. The SMILES string of the molecule is Cc1ccc(CC(=O)ON=C2CCCCC2Cl)cc1. The first-order valence-corrected chi connectivity index (χ1v) is 7.05. The predicted molar refractivity (Wildman–Crippen MR) is 76.5 cm³/mol. The predicted octanol–water partition coefficient (Wildman–Crippen LogP) is 3.62. The molecule has 0 spiro atoms. The molecular formula is C15H18ClNO2. The van der Waals surface area contributed by atoms with E-state index in [1.165, 1.54) is 5.56 Å². The summed E-state index contributed by atoms with van der Waals surface area (Å²) in [5, 5.41) is 3.83. The highest BCUT2D eigenvalue weighted by Crippen LogP contribution is 2.20. The summed E-state index contributed by atoms with van der Waals surface area (Å²) in [6, 6.07) is 7.80. The summed E-state index contributed by atoms with van der Waals surface area (Å²) in [6.07, 6.45) is 4.16. The number of carbonyl (C=O) groups is 1. The lowest BCUT2D eigenvalue weighted by atomic mass is 9.98. The largest absolute Gasteiger partial charge is 0.339 e. The molecule has 3 nitrogen and oxygen atoms in total. The average molecular weight is 280 g/mol. The zero-order valence-corrected chi connectivity index (χ0v) is 11.8. The van der Waals surface area contributed by atoms with Crippen LogP contribution >= 0.6 is 11.6 Å². The summed E-state index contributed by atoms with van der Waals surface area (Å²) in [7, 11) is 0. The van der Waals surface area contributed by atoms with Crippen LogP contribution in [0.1, 0.15) is 36.8 Å². The number of alkyl halides is 1. The highest BCUT2D eigenvalue weighted by Gasteiger charge is 2.19. The van der Waals surface area contributed by atoms with E-state index in [4.69, 9.17) is 16.4 Å². The van der Waals surface area contributed by atoms with Crippen molar-refractivity contribution in [2.75, 3.05) is 0 Å². The number of halogens is 1. The minimum absolute atomic E-state index is 0.0825. The van der Waals surface area contributed by atoms with Crippen LogP contribution in [0.2, 0.25) is 0 Å². The van der Waals surface area contributed by atoms with Crippen molar-refractivity contribution >= 4 is 23.3 Å². The Hall–Kier alpha value is -1.35. The van der Waals surface area contributed by atoms with E-state index >= 15 is 0 Å². The lowest BCUT2D eigenvalue weighted by Gasteiger charge is -2.17. The van der Waals surface area contributed by atoms with Crippen molar-refractivity contribution in [2.24, 2.45) is 5.16 Å². The third-order valence-electron chi connectivity index (χ3n) is 3.24. The van der Waals surface area contributed by atoms with Gasteiger partial charge in [0, 0.05) is 0 Å². The number of nitrogens with zero attached hydrogens (tertiary/aromatic N) is 1. The van der Waals surface area contributed by atoms with Crippen LogP contribution in [0.5, 0.6) is 0 Å². The van der Waals surface area contributed by atoms with E-state index < -0.39 is 0 Å². The molecule has 4 heteroatoms. The molecule has 0 saturated heterocycles. The molecule has 1 unspecified atom stereocenters. The summed E-state index contributed by atoms with van der Waals surface area (Å²) in [4.78, 5) is 16.6. The van der Waals surface area contributed by atoms with E-state index in [9.17, 15) is 4.79 Å². The van der Waals surface area contributed by atoms with Gasteiger partial charge in [0.15, 0.2) is 0 Å². The number of aryl methyl sites for hydroxylation is 1. The van der Waals surface area contributed by atoms with E-state index in [0.29, 0.717) is 0 Å². The molecule has 19 heavy (non-hydrogen) atoms. The number of carbonyl (C=O) groups excluding carboxylic acids is 1. The van der Waals surface area contributed by atoms with Gasteiger partial charge in [0.2, 0.25) is 0 Å². The van der Waals surface area contributed by atoms with Gasteiger partial charge in [-0.25, -0.2) is 4.79 Å². The molecule has 0 amide bonds. The van der Waals surface area contributed by atoms with Crippen molar-refractivity contribution in [2.45, 2.75) is 44.4 Å². The molecule has 1 aliphatic carbocycles. The summed E-state index contributed by atoms with van der Waals surface area (Å²) in [5.41, 5.74) is 2.90. The monoisotopic (exact) mass is 279 g/mol. The molecule has 1 atom stereocenters. The Balaban J connectivity index is 1.87. The quantitative estimate of drug-likeness (QED) is 0.481. The Kier molecular flexibility index (Phi) is 4.97. The topological polar surface area (TPSA) is 38.7 Å². The summed E-state index contributed by atoms with van der Waals surface area (Å²) >= 11 is 6.12. The minimum atomic E-state index is -0.342. The van der Waals surface area contributed by atoms with Gasteiger partial charge in [-0.2, -0.15) is 0 Å². The van der Waals surface area contributed by atoms with E-state index in [0.717, 1.165) is 37.0 Å². The molecule has 0 aromatic heterocycles. The maximum Gasteiger partial charge on any atom is 0.339 e. The average Bonchev–Trinajstić information content (AvgIpc) is 2.40. The van der Waals surface area contributed by atoms with Gasteiger partial charge < -0.3 is 4.84 Å². The zero-order chi connectivity index (χ0) is 13.7. The normalized spacial score (nSPS) is 21.4. The molecule has 2 rings (SSSR count). The van der Waals surface area contributed by atoms with Gasteiger partial charge in [0.05, 0.1) is 17.5 Å². The van der Waals surface area contributed by atoms with E-state index in [1.807, 2.05) is 31.2 Å². The number of benzene rings is 1. The summed E-state index contributed by atoms with van der Waals surface area (Å²) in [6.45, 7) is 2.01. The van der Waals surface area contributed by atoms with Gasteiger partial charge in [-0.15, -0.1) is 11.6 Å². The fourth-order valence-corrected chi connectivity index (χ4v) is 2.37. The second kappa shape index (κ2) is 6.71. The molecule has 0 aliphatic heterocycles. The lowest BCUT2D eigenvalue weighted by molar-refractivity contribution is -0.142. The van der Waals surface area contributed by atoms with Gasteiger partial charge >= 0.3 is 5.97 Å². The van der Waals surface area contributed by atoms with E-state index in [-0.39, 0.29) is 17.8 Å². The second-order valence-corrected chi connectivity index (χ2v) is 5.45. The second-order valence-electron chi connectivity index (χ2n) is 4.92. The van der Waals surface area contributed by atoms with Crippen molar-refractivity contribution in [1.82, 2.24) is 0 Å². The van der Waals surface area contributed by atoms with Crippen LogP contribution < -0.4 is 0 Å². The van der Waals surface area contributed by atoms with Gasteiger partial charge in [0.25, 0.3) is 0 Å². The molecule has 1 fully saturated rings. The molecule has 0 heterocycles. The number of hydrogen-bond donors (Lipinski definition) is 0. The molecule has 1 aliphatic rings. The first-order chi connectivity index (χ1) is 9.15. The lowest BCUT2D eigenvalue weighted by Crippen LogP contribution is -2.20. The van der Waals surface area contributed by atoms with Crippen molar-refractivity contribution in [1.29, 1.82) is 0 Å². The molecule has 102 valence electrons. The van der Waals surface area contributed by atoms with Crippen LogP contribution in [0.25, 0.3) is 0 Å². The van der Waals surface area contributed by atoms with E-state index in [2.05, 4.69) is 5.16 Å². The zero-order valence-electron chi connectivity index (χ0n) is 11.1. The molecule has 0 N–H and O–H groups in total. The van der Waals surface area contributed by atoms with Crippen LogP contribution in [0.3, 0.4) is 0 Å². The Bertz CT molecular complexity index is 468. The van der Waals surface area contributed by atoms with Crippen molar-refractivity contribution < 1.29 is 9.63 Å². The van der Waals surface area contributed by atoms with Crippen LogP contribution in [0.15, 0.2) is 29.4 Å². The Morgan fingerprint density at radius 1 is 1.37 bits per heavy atom. The highest BCUT2D eigenvalue weighted by atomic mass is 35.5. The van der Waals surface area contributed by atoms with Gasteiger partial charge in [-0.1, -0.05) is 41.4 Å². The number of oxime groups is 1. The number of rotatable bonds is 3. The maximum absolute atomic E-state index is 11.7. The third kappa shape index (κ3) is 4.35. The van der Waals surface area contributed by atoms with Crippen LogP contribution in [0.4, 0.5) is 0 Å². The van der Waals surface area contributed by atoms with Gasteiger partial charge in [-0.3, -0.25) is 0 Å². The molecule has 1 aromatic rings. The maximum atomic E-state index is 11.7. The van der Waals surface area contributed by atoms with Gasteiger partial charge in [0.1, 0.15) is 0 Å². The summed E-state index contributed by atoms with van der Waals surface area (Å²) in [5.74, 6) is -0.342. The van der Waals surface area contributed by atoms with Crippen molar-refractivity contribution in [3.8, 4) is 0 Å². The number of hydrogen-bond acceptors (Lipinski definition) is 3. The first-order valence-electron chi connectivity index (χ1n) is 6.61. The highest BCUT2D eigenvalue weighted by molar-refractivity contribution is 6.32. The molecule has 0 bridgehead atoms. The van der Waals surface area contributed by atoms with Gasteiger partial charge in [-0.05, 0) is 31.7 Å². The molecule has 0 radical (unpaired) electrons. The Morgan fingerprint density at radius 3 is 2.79 bits per heavy atom. The van der Waals surface area contributed by atoms with Crippen molar-refractivity contribution in [3.63, 3.8) is 0 Å². The third-order valence-corrected chi connectivity index (χ3v) is 3.71. The Labute approximate surface area is 118 Å². The smallest absolute Gasteiger partial charge is 0.318 e. The molecular weight excluding hydrogens is 262 g/mol. The van der Waals surface area contributed by atoms with E-state index in [1.54, 1.807) is 0 Å². The van der Waals surface area contributed by atoms with Crippen LogP contribution in [0, 0.1) is 6.92 Å². The van der Waals surface area contributed by atoms with Crippen molar-refractivity contribution in [3.05, 3.63) is 35.4 Å². The van der Waals surface area contributed by atoms with Crippen LogP contribution in [-0.2, 0) is 16.1 Å².